The summed E-state index contributed by atoms with van der Waals surface area (Å²) in [6, 6.07) is 11.1. The lowest BCUT2D eigenvalue weighted by Crippen LogP contribution is -2.25. The van der Waals surface area contributed by atoms with Gasteiger partial charge in [-0.1, -0.05) is 34.1 Å². The summed E-state index contributed by atoms with van der Waals surface area (Å²) >= 11 is 3.30. The zero-order chi connectivity index (χ0) is 18.1. The van der Waals surface area contributed by atoms with Gasteiger partial charge < -0.3 is 4.74 Å². The van der Waals surface area contributed by atoms with E-state index in [0.29, 0.717) is 15.7 Å². The predicted molar refractivity (Wildman–Crippen MR) is 92.7 cm³/mol. The topological polar surface area (TPSA) is 46.6 Å². The molecule has 0 radical (unpaired) electrons. The number of benzene rings is 2. The van der Waals surface area contributed by atoms with Gasteiger partial charge in [0.05, 0.1) is 11.4 Å². The molecule has 2 aromatic rings. The third kappa shape index (κ3) is 3.32. The number of alkyl halides is 2. The molecular weight excluding hydrogens is 396 g/mol. The number of anilines is 1. The van der Waals surface area contributed by atoms with Crippen molar-refractivity contribution in [2.45, 2.75) is 13.5 Å². The first-order valence-electron chi connectivity index (χ1n) is 7.29. The number of carbonyl (C=O) groups is 2. The van der Waals surface area contributed by atoms with E-state index < -0.39 is 6.61 Å². The molecule has 0 unspecified atom stereocenters. The van der Waals surface area contributed by atoms with Crippen molar-refractivity contribution in [3.05, 3.63) is 63.8 Å². The summed E-state index contributed by atoms with van der Waals surface area (Å²) in [5.74, 6) is -0.787. The standard InChI is InChI=1S/C18H12BrF2NO3/c1-10(23)22-14-7-6-12(19)9-13(14)17(24)15(22)8-11-4-2-3-5-16(11)25-18(20)21/h2-9,18H,1H3. The molecule has 0 aliphatic carbocycles. The van der Waals surface area contributed by atoms with Crippen molar-refractivity contribution in [1.82, 2.24) is 0 Å². The van der Waals surface area contributed by atoms with Crippen LogP contribution in [0.5, 0.6) is 5.75 Å². The minimum atomic E-state index is -2.99. The molecule has 0 bridgehead atoms. The molecule has 0 spiro atoms. The molecular formula is C18H12BrF2NO3. The largest absolute Gasteiger partial charge is 0.434 e. The summed E-state index contributed by atoms with van der Waals surface area (Å²) in [5, 5.41) is 0. The molecule has 0 atom stereocenters. The van der Waals surface area contributed by atoms with E-state index in [1.54, 1.807) is 30.3 Å². The summed E-state index contributed by atoms with van der Waals surface area (Å²) in [5.41, 5.74) is 1.19. The van der Waals surface area contributed by atoms with Crippen LogP contribution in [0.4, 0.5) is 14.5 Å². The second-order valence-electron chi connectivity index (χ2n) is 5.29. The highest BCUT2D eigenvalue weighted by Crippen LogP contribution is 2.38. The second-order valence-corrected chi connectivity index (χ2v) is 6.21. The van der Waals surface area contributed by atoms with Gasteiger partial charge in [0.15, 0.2) is 0 Å². The van der Waals surface area contributed by atoms with E-state index in [1.807, 2.05) is 0 Å². The van der Waals surface area contributed by atoms with Gasteiger partial charge in [-0.2, -0.15) is 8.78 Å². The Morgan fingerprint density at radius 3 is 2.64 bits per heavy atom. The van der Waals surface area contributed by atoms with Gasteiger partial charge in [0.2, 0.25) is 11.7 Å². The van der Waals surface area contributed by atoms with E-state index >= 15 is 0 Å². The van der Waals surface area contributed by atoms with Crippen molar-refractivity contribution in [3.8, 4) is 5.75 Å². The van der Waals surface area contributed by atoms with Crippen LogP contribution >= 0.6 is 15.9 Å². The minimum absolute atomic E-state index is 0.0709. The Morgan fingerprint density at radius 2 is 1.96 bits per heavy atom. The number of hydrogen-bond donors (Lipinski definition) is 0. The fourth-order valence-corrected chi connectivity index (χ4v) is 3.04. The quantitative estimate of drug-likeness (QED) is 0.696. The van der Waals surface area contributed by atoms with Gasteiger partial charge in [-0.15, -0.1) is 0 Å². The summed E-state index contributed by atoms with van der Waals surface area (Å²) in [6.45, 7) is -1.66. The Labute approximate surface area is 150 Å². The fraction of sp³-hybridized carbons (Fsp3) is 0.111. The van der Waals surface area contributed by atoms with E-state index in [4.69, 9.17) is 0 Å². The third-order valence-electron chi connectivity index (χ3n) is 3.66. The Hall–Kier alpha value is -2.54. The maximum Gasteiger partial charge on any atom is 0.387 e. The molecule has 1 aliphatic heterocycles. The Bertz CT molecular complexity index is 896. The highest BCUT2D eigenvalue weighted by molar-refractivity contribution is 9.10. The predicted octanol–water partition coefficient (Wildman–Crippen LogP) is 4.64. The van der Waals surface area contributed by atoms with Gasteiger partial charge in [-0.25, -0.2) is 0 Å². The Morgan fingerprint density at radius 1 is 1.24 bits per heavy atom. The number of Topliss-reactive ketones (excluding diaryl/α,β-unsaturated/α-hetero) is 1. The summed E-state index contributed by atoms with van der Waals surface area (Å²) < 4.78 is 30.3. The van der Waals surface area contributed by atoms with Crippen molar-refractivity contribution in [2.75, 3.05) is 4.90 Å². The van der Waals surface area contributed by atoms with Gasteiger partial charge in [0.25, 0.3) is 0 Å². The lowest BCUT2D eigenvalue weighted by molar-refractivity contribution is -0.116. The Kier molecular flexibility index (Phi) is 4.67. The van der Waals surface area contributed by atoms with Crippen LogP contribution in [0.15, 0.2) is 52.6 Å². The lowest BCUT2D eigenvalue weighted by atomic mass is 10.1. The van der Waals surface area contributed by atoms with Crippen LogP contribution in [-0.2, 0) is 4.79 Å². The van der Waals surface area contributed by atoms with Crippen LogP contribution in [0.1, 0.15) is 22.8 Å². The molecule has 25 heavy (non-hydrogen) atoms. The smallest absolute Gasteiger partial charge is 0.387 e. The summed E-state index contributed by atoms with van der Waals surface area (Å²) in [4.78, 5) is 26.1. The average Bonchev–Trinajstić information content (AvgIpc) is 2.81. The van der Waals surface area contributed by atoms with E-state index in [-0.39, 0.29) is 28.7 Å². The van der Waals surface area contributed by atoms with E-state index in [9.17, 15) is 18.4 Å². The molecule has 1 heterocycles. The number of amides is 1. The van der Waals surface area contributed by atoms with Gasteiger partial charge in [-0.3, -0.25) is 14.5 Å². The van der Waals surface area contributed by atoms with Gasteiger partial charge in [0.1, 0.15) is 5.75 Å². The molecule has 4 nitrogen and oxygen atoms in total. The van der Waals surface area contributed by atoms with Crippen molar-refractivity contribution in [3.63, 3.8) is 0 Å². The first kappa shape index (κ1) is 17.3. The van der Waals surface area contributed by atoms with Crippen molar-refractivity contribution in [1.29, 1.82) is 0 Å². The highest BCUT2D eigenvalue weighted by Gasteiger charge is 2.35. The first-order chi connectivity index (χ1) is 11.9. The minimum Gasteiger partial charge on any atom is -0.434 e. The highest BCUT2D eigenvalue weighted by atomic mass is 79.9. The van der Waals surface area contributed by atoms with Gasteiger partial charge >= 0.3 is 6.61 Å². The van der Waals surface area contributed by atoms with Crippen LogP contribution in [0.25, 0.3) is 6.08 Å². The average molecular weight is 408 g/mol. The normalized spacial score (nSPS) is 15.0. The van der Waals surface area contributed by atoms with Gasteiger partial charge in [-0.05, 0) is 30.3 Å². The van der Waals surface area contributed by atoms with Crippen LogP contribution in [-0.4, -0.2) is 18.3 Å². The molecule has 0 N–H and O–H groups in total. The van der Waals surface area contributed by atoms with Crippen LogP contribution in [0.3, 0.4) is 0 Å². The molecule has 0 aromatic heterocycles. The first-order valence-corrected chi connectivity index (χ1v) is 8.08. The van der Waals surface area contributed by atoms with Gasteiger partial charge in [0, 0.05) is 22.5 Å². The number of fused-ring (bicyclic) bond motifs is 1. The van der Waals surface area contributed by atoms with Crippen LogP contribution < -0.4 is 9.64 Å². The van der Waals surface area contributed by atoms with Crippen molar-refractivity contribution >= 4 is 39.4 Å². The van der Waals surface area contributed by atoms with Crippen molar-refractivity contribution in [2.24, 2.45) is 0 Å². The molecule has 0 saturated heterocycles. The number of nitrogens with zero attached hydrogens (tertiary/aromatic N) is 1. The summed E-state index contributed by atoms with van der Waals surface area (Å²) in [7, 11) is 0. The second kappa shape index (κ2) is 6.76. The fourth-order valence-electron chi connectivity index (χ4n) is 2.67. The number of hydrogen-bond acceptors (Lipinski definition) is 3. The lowest BCUT2D eigenvalue weighted by Gasteiger charge is -2.16. The number of ketones is 1. The number of allylic oxidation sites excluding steroid dienone is 1. The monoisotopic (exact) mass is 407 g/mol. The molecule has 0 saturated carbocycles. The molecule has 3 rings (SSSR count). The number of para-hydroxylation sites is 1. The number of halogens is 3. The molecule has 7 heteroatoms. The molecule has 128 valence electrons. The maximum absolute atomic E-state index is 12.7. The molecule has 0 fully saturated rings. The molecule has 1 aliphatic rings. The van der Waals surface area contributed by atoms with E-state index in [1.165, 1.54) is 30.0 Å². The van der Waals surface area contributed by atoms with Crippen LogP contribution in [0.2, 0.25) is 0 Å². The third-order valence-corrected chi connectivity index (χ3v) is 4.15. The van der Waals surface area contributed by atoms with E-state index in [0.717, 1.165) is 0 Å². The Balaban J connectivity index is 2.12. The molecule has 1 amide bonds. The number of rotatable bonds is 3. The van der Waals surface area contributed by atoms with Crippen LogP contribution in [0, 0.1) is 0 Å². The maximum atomic E-state index is 12.7. The zero-order valence-electron chi connectivity index (χ0n) is 13.0. The summed E-state index contributed by atoms with van der Waals surface area (Å²) in [6.07, 6.45) is 1.38. The number of ether oxygens (including phenoxy) is 1. The molecule has 2 aromatic carbocycles. The SMILES string of the molecule is CC(=O)N1C(=Cc2ccccc2OC(F)F)C(=O)c2cc(Br)ccc21. The van der Waals surface area contributed by atoms with Crippen molar-refractivity contribution < 1.29 is 23.1 Å². The number of carbonyl (C=O) groups excluding carboxylic acids is 2. The van der Waals surface area contributed by atoms with E-state index in [2.05, 4.69) is 20.7 Å². The zero-order valence-corrected chi connectivity index (χ0v) is 14.6.